The number of rotatable bonds is 52. The molecule has 11 heteroatoms. The fourth-order valence-corrected chi connectivity index (χ4v) is 9.16. The molecule has 1 amide bonds. The van der Waals surface area contributed by atoms with Crippen LogP contribution in [0.5, 0.6) is 0 Å². The smallest absolute Gasteiger partial charge is 0.306 e. The van der Waals surface area contributed by atoms with E-state index in [0.717, 1.165) is 103 Å². The van der Waals surface area contributed by atoms with Crippen LogP contribution in [0.2, 0.25) is 0 Å². The Labute approximate surface area is 481 Å². The van der Waals surface area contributed by atoms with E-state index in [1.165, 1.54) is 96.3 Å². The van der Waals surface area contributed by atoms with Crippen LogP contribution in [0.15, 0.2) is 109 Å². The van der Waals surface area contributed by atoms with Gasteiger partial charge in [-0.05, 0) is 103 Å². The first-order valence-corrected chi connectivity index (χ1v) is 31.7. The highest BCUT2D eigenvalue weighted by Gasteiger charge is 2.47. The maximum Gasteiger partial charge on any atom is 0.306 e. The molecule has 0 radical (unpaired) electrons. The molecular weight excluding hydrogens is 991 g/mol. The Hall–Kier alpha value is -3.68. The van der Waals surface area contributed by atoms with Crippen molar-refractivity contribution in [3.05, 3.63) is 109 Å². The van der Waals surface area contributed by atoms with E-state index in [1.807, 2.05) is 18.2 Å². The first-order chi connectivity index (χ1) is 38.7. The van der Waals surface area contributed by atoms with E-state index in [1.54, 1.807) is 6.08 Å². The summed E-state index contributed by atoms with van der Waals surface area (Å²) in [5.74, 6) is -1.27. The fraction of sp³-hybridized carbons (Fsp3) is 0.706. The summed E-state index contributed by atoms with van der Waals surface area (Å²) in [7, 11) is 0. The molecule has 11 nitrogen and oxygen atoms in total. The Morgan fingerprint density at radius 2 is 0.911 bits per heavy atom. The zero-order valence-corrected chi connectivity index (χ0v) is 50.0. The Balaban J connectivity index is 2.72. The quantitative estimate of drug-likeness (QED) is 0.0195. The fourth-order valence-electron chi connectivity index (χ4n) is 9.16. The molecule has 79 heavy (non-hydrogen) atoms. The summed E-state index contributed by atoms with van der Waals surface area (Å²) in [6.07, 6.45) is 64.1. The van der Waals surface area contributed by atoms with Crippen LogP contribution < -0.4 is 5.32 Å². The summed E-state index contributed by atoms with van der Waals surface area (Å²) >= 11 is 0. The Kier molecular flexibility index (Phi) is 50.9. The van der Waals surface area contributed by atoms with Crippen molar-refractivity contribution in [2.75, 3.05) is 13.2 Å². The predicted molar refractivity (Wildman–Crippen MR) is 328 cm³/mol. The van der Waals surface area contributed by atoms with Crippen LogP contribution in [0.3, 0.4) is 0 Å². The standard InChI is InChI=1S/C68H115NO10/c1-4-7-10-13-16-19-22-25-27-29-30-31-32-33-35-38-41-44-47-50-53-56-63(73)79-66-65(75)64(74)62(57-70)78-68(66)77-58-59(60(71)54-51-48-45-42-39-36-24-21-18-15-12-9-6-3)69-67(76)61(72)55-52-49-46-43-40-37-34-28-26-23-20-17-14-11-8-5-2/h8,11,16-17,19-20,25-28,30-31,37,40,46,49,51,54,59-62,64-66,68,70-72,74-75H,4-7,9-10,12-15,18,21-24,29,32-36,38-39,41-45,47-48,50,52-53,55-58H2,1-3H3,(H,69,76)/b11-8-,19-16-,20-17-,27-25-,28-26-,31-30-,40-37-,49-46-,54-51+. The van der Waals surface area contributed by atoms with Crippen molar-refractivity contribution in [2.45, 2.75) is 294 Å². The Morgan fingerprint density at radius 3 is 1.39 bits per heavy atom. The van der Waals surface area contributed by atoms with E-state index in [9.17, 15) is 35.1 Å². The minimum absolute atomic E-state index is 0.103. The number of hydrogen-bond donors (Lipinski definition) is 6. The maximum absolute atomic E-state index is 13.4. The predicted octanol–water partition coefficient (Wildman–Crippen LogP) is 15.3. The van der Waals surface area contributed by atoms with Gasteiger partial charge in [0.1, 0.15) is 24.4 Å². The van der Waals surface area contributed by atoms with Crippen LogP contribution in [-0.4, -0.2) is 99.6 Å². The van der Waals surface area contributed by atoms with E-state index < -0.39 is 67.4 Å². The van der Waals surface area contributed by atoms with Gasteiger partial charge in [-0.25, -0.2) is 0 Å². The second-order valence-electron chi connectivity index (χ2n) is 21.4. The molecule has 0 bridgehead atoms. The lowest BCUT2D eigenvalue weighted by atomic mass is 9.99. The van der Waals surface area contributed by atoms with E-state index >= 15 is 0 Å². The molecule has 0 saturated carbocycles. The molecule has 1 aliphatic heterocycles. The Bertz CT molecular complexity index is 1700. The van der Waals surface area contributed by atoms with Gasteiger partial charge in [-0.1, -0.05) is 246 Å². The molecule has 8 atom stereocenters. The van der Waals surface area contributed by atoms with Crippen LogP contribution in [0.1, 0.15) is 245 Å². The molecular formula is C68H115NO10. The van der Waals surface area contributed by atoms with E-state index in [0.29, 0.717) is 12.8 Å². The normalized spacial score (nSPS) is 19.6. The molecule has 0 aromatic carbocycles. The van der Waals surface area contributed by atoms with Gasteiger partial charge in [-0.15, -0.1) is 0 Å². The number of ether oxygens (including phenoxy) is 3. The molecule has 452 valence electrons. The molecule has 1 heterocycles. The van der Waals surface area contributed by atoms with Crippen LogP contribution in [0.4, 0.5) is 0 Å². The Morgan fingerprint density at radius 1 is 0.506 bits per heavy atom. The number of carbonyl (C=O) groups is 2. The molecule has 1 fully saturated rings. The lowest BCUT2D eigenvalue weighted by molar-refractivity contribution is -0.305. The summed E-state index contributed by atoms with van der Waals surface area (Å²) < 4.78 is 17.6. The number of amides is 1. The minimum atomic E-state index is -1.63. The molecule has 1 aliphatic rings. The topological polar surface area (TPSA) is 175 Å². The molecule has 1 rings (SSSR count). The van der Waals surface area contributed by atoms with Gasteiger partial charge < -0.3 is 45.1 Å². The first-order valence-electron chi connectivity index (χ1n) is 31.7. The third kappa shape index (κ3) is 42.8. The van der Waals surface area contributed by atoms with Gasteiger partial charge in [-0.2, -0.15) is 0 Å². The van der Waals surface area contributed by atoms with Crippen LogP contribution in [0, 0.1) is 0 Å². The highest BCUT2D eigenvalue weighted by molar-refractivity contribution is 5.80. The van der Waals surface area contributed by atoms with Crippen molar-refractivity contribution < 1.29 is 49.3 Å². The van der Waals surface area contributed by atoms with Crippen molar-refractivity contribution >= 4 is 11.9 Å². The summed E-state index contributed by atoms with van der Waals surface area (Å²) in [6, 6.07) is -1.06. The van der Waals surface area contributed by atoms with E-state index in [4.69, 9.17) is 14.2 Å². The monoisotopic (exact) mass is 1110 g/mol. The molecule has 6 N–H and O–H groups in total. The number of hydrogen-bond acceptors (Lipinski definition) is 10. The van der Waals surface area contributed by atoms with Gasteiger partial charge in [0.2, 0.25) is 5.91 Å². The van der Waals surface area contributed by atoms with Crippen molar-refractivity contribution in [1.82, 2.24) is 5.32 Å². The van der Waals surface area contributed by atoms with Gasteiger partial charge in [0.25, 0.3) is 0 Å². The number of nitrogens with one attached hydrogen (secondary N) is 1. The summed E-state index contributed by atoms with van der Waals surface area (Å²) in [6.45, 7) is 5.60. The van der Waals surface area contributed by atoms with Crippen molar-refractivity contribution in [3.8, 4) is 0 Å². The number of esters is 1. The molecule has 0 aliphatic carbocycles. The largest absolute Gasteiger partial charge is 0.454 e. The van der Waals surface area contributed by atoms with Crippen molar-refractivity contribution in [1.29, 1.82) is 0 Å². The van der Waals surface area contributed by atoms with Crippen molar-refractivity contribution in [3.63, 3.8) is 0 Å². The number of aliphatic hydroxyl groups is 5. The van der Waals surface area contributed by atoms with E-state index in [2.05, 4.69) is 111 Å². The maximum atomic E-state index is 13.4. The zero-order chi connectivity index (χ0) is 57.5. The van der Waals surface area contributed by atoms with Crippen LogP contribution in [-0.2, 0) is 23.8 Å². The van der Waals surface area contributed by atoms with Crippen molar-refractivity contribution in [2.24, 2.45) is 0 Å². The van der Waals surface area contributed by atoms with Gasteiger partial charge in [0.05, 0.1) is 25.4 Å². The first kappa shape index (κ1) is 73.3. The van der Waals surface area contributed by atoms with Gasteiger partial charge in [0, 0.05) is 6.42 Å². The summed E-state index contributed by atoms with van der Waals surface area (Å²) in [5.41, 5.74) is 0. The minimum Gasteiger partial charge on any atom is -0.454 e. The SMILES string of the molecule is CC/C=C\C/C=C\C/C=C\C/C=C\C/C=C\CCC(O)C(=O)NC(COC1OC(CO)C(O)C(O)C1OC(=O)CCCCCCCCCC/C=C\C/C=C\C/C=C\CCCCC)C(O)/C=C/CCCCCCCCCCCCC. The number of carbonyl (C=O) groups excluding carboxylic acids is 2. The third-order valence-corrected chi connectivity index (χ3v) is 14.2. The molecule has 1 saturated heterocycles. The summed E-state index contributed by atoms with van der Waals surface area (Å²) in [4.78, 5) is 26.5. The molecule has 0 aromatic heterocycles. The summed E-state index contributed by atoms with van der Waals surface area (Å²) in [5, 5.41) is 56.9. The average Bonchev–Trinajstić information content (AvgIpc) is 3.49. The second kappa shape index (κ2) is 54.9. The molecule has 8 unspecified atom stereocenters. The van der Waals surface area contributed by atoms with Gasteiger partial charge >= 0.3 is 5.97 Å². The third-order valence-electron chi connectivity index (χ3n) is 14.2. The zero-order valence-electron chi connectivity index (χ0n) is 50.0. The highest BCUT2D eigenvalue weighted by atomic mass is 16.7. The highest BCUT2D eigenvalue weighted by Crippen LogP contribution is 2.26. The number of allylic oxidation sites excluding steroid dienone is 17. The molecule has 0 aromatic rings. The lowest BCUT2D eigenvalue weighted by Gasteiger charge is -2.41. The van der Waals surface area contributed by atoms with Gasteiger partial charge in [-0.3, -0.25) is 9.59 Å². The molecule has 0 spiro atoms. The lowest BCUT2D eigenvalue weighted by Crippen LogP contribution is -2.61. The average molecular weight is 1110 g/mol. The van der Waals surface area contributed by atoms with Gasteiger partial charge in [0.15, 0.2) is 12.4 Å². The van der Waals surface area contributed by atoms with Crippen LogP contribution >= 0.6 is 0 Å². The second-order valence-corrected chi connectivity index (χ2v) is 21.4. The number of aliphatic hydroxyl groups excluding tert-OH is 5. The number of unbranched alkanes of at least 4 members (excludes halogenated alkanes) is 22. The van der Waals surface area contributed by atoms with Crippen LogP contribution in [0.25, 0.3) is 0 Å². The van der Waals surface area contributed by atoms with E-state index in [-0.39, 0.29) is 19.4 Å².